The number of hydrogen-bond acceptors (Lipinski definition) is 3. The molecule has 0 aliphatic carbocycles. The third kappa shape index (κ3) is 4.70. The van der Waals surface area contributed by atoms with Gasteiger partial charge in [-0.25, -0.2) is 4.79 Å². The molecule has 1 atom stereocenters. The summed E-state index contributed by atoms with van der Waals surface area (Å²) < 4.78 is 5.29. The number of carboxylic acid groups (broad SMARTS) is 1. The van der Waals surface area contributed by atoms with Crippen molar-refractivity contribution in [1.82, 2.24) is 9.80 Å². The third-order valence-corrected chi connectivity index (χ3v) is 3.41. The van der Waals surface area contributed by atoms with Crippen molar-refractivity contribution < 1.29 is 19.4 Å². The van der Waals surface area contributed by atoms with Gasteiger partial charge < -0.3 is 19.6 Å². The normalized spacial score (nSPS) is 18.6. The fourth-order valence-electron chi connectivity index (χ4n) is 2.16. The fraction of sp³-hybridized carbons (Fsp3) is 0.846. The highest BCUT2D eigenvalue weighted by Crippen LogP contribution is 2.14. The van der Waals surface area contributed by atoms with Crippen molar-refractivity contribution in [2.24, 2.45) is 0 Å². The van der Waals surface area contributed by atoms with Crippen molar-refractivity contribution in [3.63, 3.8) is 0 Å². The molecule has 1 saturated heterocycles. The fourth-order valence-corrected chi connectivity index (χ4v) is 2.16. The number of amides is 2. The molecule has 0 aromatic heterocycles. The maximum absolute atomic E-state index is 12.4. The van der Waals surface area contributed by atoms with Gasteiger partial charge in [0.1, 0.15) is 0 Å². The second-order valence-electron chi connectivity index (χ2n) is 5.20. The Morgan fingerprint density at radius 2 is 2.11 bits per heavy atom. The van der Waals surface area contributed by atoms with Crippen molar-refractivity contribution in [2.45, 2.75) is 45.2 Å². The average Bonchev–Trinajstić information content (AvgIpc) is 2.85. The summed E-state index contributed by atoms with van der Waals surface area (Å²) in [4.78, 5) is 26.4. The number of aliphatic carboxylic acids is 1. The highest BCUT2D eigenvalue weighted by molar-refractivity contribution is 5.75. The molecule has 0 aromatic carbocycles. The van der Waals surface area contributed by atoms with E-state index in [-0.39, 0.29) is 24.5 Å². The Labute approximate surface area is 114 Å². The zero-order chi connectivity index (χ0) is 14.4. The largest absolute Gasteiger partial charge is 0.481 e. The van der Waals surface area contributed by atoms with E-state index < -0.39 is 5.97 Å². The standard InChI is InChI=1S/C13H24N2O4/c1-10(2)15(7-4-5-12(16)17)13(18)14(3)11-6-8-19-9-11/h10-11H,4-9H2,1-3H3,(H,16,17). The molecule has 0 bridgehead atoms. The van der Waals surface area contributed by atoms with Gasteiger partial charge in [-0.1, -0.05) is 0 Å². The number of rotatable bonds is 6. The van der Waals surface area contributed by atoms with Crippen LogP contribution in [0.25, 0.3) is 0 Å². The Bertz CT molecular complexity index is 314. The Kier molecular flexibility index (Phi) is 6.08. The van der Waals surface area contributed by atoms with Crippen LogP contribution in [-0.2, 0) is 9.53 Å². The lowest BCUT2D eigenvalue weighted by Crippen LogP contribution is -2.49. The number of likely N-dealkylation sites (N-methyl/N-ethyl adjacent to an activating group) is 1. The molecule has 1 aliphatic heterocycles. The molecule has 0 spiro atoms. The lowest BCUT2D eigenvalue weighted by Gasteiger charge is -2.33. The van der Waals surface area contributed by atoms with Crippen LogP contribution in [0.2, 0.25) is 0 Å². The minimum absolute atomic E-state index is 0.0455. The lowest BCUT2D eigenvalue weighted by atomic mass is 10.2. The second-order valence-corrected chi connectivity index (χ2v) is 5.20. The Hall–Kier alpha value is -1.30. The predicted molar refractivity (Wildman–Crippen MR) is 71.1 cm³/mol. The van der Waals surface area contributed by atoms with E-state index in [9.17, 15) is 9.59 Å². The van der Waals surface area contributed by atoms with Gasteiger partial charge in [0.15, 0.2) is 0 Å². The number of carboxylic acids is 1. The Morgan fingerprint density at radius 1 is 1.42 bits per heavy atom. The molecule has 0 saturated carbocycles. The number of ether oxygens (including phenoxy) is 1. The molecule has 6 heteroatoms. The maximum atomic E-state index is 12.4. The van der Waals surface area contributed by atoms with E-state index in [1.807, 2.05) is 13.8 Å². The van der Waals surface area contributed by atoms with Crippen LogP contribution in [0.5, 0.6) is 0 Å². The zero-order valence-corrected chi connectivity index (χ0v) is 12.0. The molecule has 1 heterocycles. The van der Waals surface area contributed by atoms with Crippen LogP contribution in [0, 0.1) is 0 Å². The molecule has 0 radical (unpaired) electrons. The molecule has 2 amide bonds. The average molecular weight is 272 g/mol. The van der Waals surface area contributed by atoms with Gasteiger partial charge in [0.25, 0.3) is 0 Å². The quantitative estimate of drug-likeness (QED) is 0.793. The van der Waals surface area contributed by atoms with Gasteiger partial charge in [0.05, 0.1) is 12.6 Å². The van der Waals surface area contributed by atoms with Crippen LogP contribution in [0.3, 0.4) is 0 Å². The molecule has 1 unspecified atom stereocenters. The summed E-state index contributed by atoms with van der Waals surface area (Å²) in [5, 5.41) is 8.65. The van der Waals surface area contributed by atoms with Gasteiger partial charge in [0.2, 0.25) is 0 Å². The van der Waals surface area contributed by atoms with Crippen LogP contribution in [0.4, 0.5) is 4.79 Å². The molecule has 1 N–H and O–H groups in total. The number of hydrogen-bond donors (Lipinski definition) is 1. The molecule has 1 rings (SSSR count). The summed E-state index contributed by atoms with van der Waals surface area (Å²) >= 11 is 0. The Morgan fingerprint density at radius 3 is 2.58 bits per heavy atom. The predicted octanol–water partition coefficient (Wildman–Crippen LogP) is 1.40. The van der Waals surface area contributed by atoms with Crippen molar-refractivity contribution in [1.29, 1.82) is 0 Å². The van der Waals surface area contributed by atoms with Crippen molar-refractivity contribution in [3.8, 4) is 0 Å². The third-order valence-electron chi connectivity index (χ3n) is 3.41. The number of carbonyl (C=O) groups is 2. The van der Waals surface area contributed by atoms with E-state index in [1.165, 1.54) is 0 Å². The second kappa shape index (κ2) is 7.33. The SMILES string of the molecule is CC(C)N(CCCC(=O)O)C(=O)N(C)C1CCOC1. The number of nitrogens with zero attached hydrogens (tertiary/aromatic N) is 2. The van der Waals surface area contributed by atoms with Gasteiger partial charge >= 0.3 is 12.0 Å². The van der Waals surface area contributed by atoms with Gasteiger partial charge in [-0.2, -0.15) is 0 Å². The van der Waals surface area contributed by atoms with E-state index in [1.54, 1.807) is 16.8 Å². The minimum atomic E-state index is -0.825. The van der Waals surface area contributed by atoms with Crippen LogP contribution >= 0.6 is 0 Å². The number of carbonyl (C=O) groups excluding carboxylic acids is 1. The first-order valence-corrected chi connectivity index (χ1v) is 6.76. The minimum Gasteiger partial charge on any atom is -0.481 e. The van der Waals surface area contributed by atoms with Gasteiger partial charge in [0, 0.05) is 32.7 Å². The van der Waals surface area contributed by atoms with Crippen molar-refractivity contribution in [2.75, 3.05) is 26.8 Å². The summed E-state index contributed by atoms with van der Waals surface area (Å²) in [5.41, 5.74) is 0. The van der Waals surface area contributed by atoms with Gasteiger partial charge in [-0.3, -0.25) is 4.79 Å². The number of urea groups is 1. The molecular weight excluding hydrogens is 248 g/mol. The molecule has 110 valence electrons. The topological polar surface area (TPSA) is 70.1 Å². The van der Waals surface area contributed by atoms with Crippen LogP contribution < -0.4 is 0 Å². The first-order valence-electron chi connectivity index (χ1n) is 6.76. The summed E-state index contributed by atoms with van der Waals surface area (Å²) in [6, 6.07) is 0.148. The summed E-state index contributed by atoms with van der Waals surface area (Å²) in [7, 11) is 1.79. The summed E-state index contributed by atoms with van der Waals surface area (Å²) in [6.07, 6.45) is 1.43. The van der Waals surface area contributed by atoms with Crippen LogP contribution in [0.15, 0.2) is 0 Å². The van der Waals surface area contributed by atoms with E-state index in [0.29, 0.717) is 26.2 Å². The molecule has 1 fully saturated rings. The molecule has 19 heavy (non-hydrogen) atoms. The first-order chi connectivity index (χ1) is 8.93. The van der Waals surface area contributed by atoms with Gasteiger partial charge in [-0.05, 0) is 26.7 Å². The highest BCUT2D eigenvalue weighted by Gasteiger charge is 2.28. The first kappa shape index (κ1) is 15.8. The Balaban J connectivity index is 2.53. The molecule has 6 nitrogen and oxygen atoms in total. The smallest absolute Gasteiger partial charge is 0.320 e. The van der Waals surface area contributed by atoms with Crippen molar-refractivity contribution >= 4 is 12.0 Å². The maximum Gasteiger partial charge on any atom is 0.320 e. The van der Waals surface area contributed by atoms with Crippen LogP contribution in [0.1, 0.15) is 33.1 Å². The highest BCUT2D eigenvalue weighted by atomic mass is 16.5. The lowest BCUT2D eigenvalue weighted by molar-refractivity contribution is -0.137. The van der Waals surface area contributed by atoms with E-state index >= 15 is 0 Å². The summed E-state index contributed by atoms with van der Waals surface area (Å²) in [5.74, 6) is -0.825. The van der Waals surface area contributed by atoms with E-state index in [0.717, 1.165) is 6.42 Å². The molecule has 0 aromatic rings. The summed E-state index contributed by atoms with van der Waals surface area (Å²) in [6.45, 7) is 5.64. The molecule has 1 aliphatic rings. The molecular formula is C13H24N2O4. The zero-order valence-electron chi connectivity index (χ0n) is 12.0. The van der Waals surface area contributed by atoms with Crippen molar-refractivity contribution in [3.05, 3.63) is 0 Å². The van der Waals surface area contributed by atoms with Gasteiger partial charge in [-0.15, -0.1) is 0 Å². The monoisotopic (exact) mass is 272 g/mol. The van der Waals surface area contributed by atoms with E-state index in [2.05, 4.69) is 0 Å². The van der Waals surface area contributed by atoms with Crippen LogP contribution in [-0.4, -0.2) is 65.8 Å². The van der Waals surface area contributed by atoms with E-state index in [4.69, 9.17) is 9.84 Å².